The van der Waals surface area contributed by atoms with Gasteiger partial charge < -0.3 is 0 Å². The van der Waals surface area contributed by atoms with Gasteiger partial charge >= 0.3 is 23.7 Å². The minimum Gasteiger partial charge on any atom is -0.192 e. The zero-order chi connectivity index (χ0) is 10.0. The summed E-state index contributed by atoms with van der Waals surface area (Å²) in [5.41, 5.74) is 0. The lowest BCUT2D eigenvalue weighted by atomic mass is 9.80. The number of halogens is 9. The van der Waals surface area contributed by atoms with Gasteiger partial charge in [-0.25, -0.2) is 0 Å². The number of rotatable bonds is 0. The fraction of sp³-hybridized carbons (Fsp3) is 1.00. The van der Waals surface area contributed by atoms with Crippen molar-refractivity contribution in [2.45, 2.75) is 23.7 Å². The fourth-order valence-electron chi connectivity index (χ4n) is 0.726. The van der Waals surface area contributed by atoms with Gasteiger partial charge in [0, 0.05) is 0 Å². The third-order valence-corrected chi connectivity index (χ3v) is 1.58. The summed E-state index contributed by atoms with van der Waals surface area (Å²) >= 11 is 0. The normalized spacial score (nSPS) is 31.4. The van der Waals surface area contributed by atoms with E-state index >= 15 is 0 Å². The van der Waals surface area contributed by atoms with Crippen molar-refractivity contribution in [3.05, 3.63) is 0 Å². The van der Waals surface area contributed by atoms with E-state index in [2.05, 4.69) is 0 Å². The first-order valence-electron chi connectivity index (χ1n) is 2.51. The van der Waals surface area contributed by atoms with Gasteiger partial charge in [-0.3, -0.25) is 0 Å². The highest BCUT2D eigenvalue weighted by Gasteiger charge is 3.01. The topological polar surface area (TPSA) is 0 Å². The molecule has 0 aromatic heterocycles. The molecule has 9 heteroatoms. The molecule has 0 aromatic carbocycles. The second-order valence-electron chi connectivity index (χ2n) is 2.30. The molecule has 1 saturated carbocycles. The van der Waals surface area contributed by atoms with Crippen LogP contribution >= 0.6 is 24.0 Å². The van der Waals surface area contributed by atoms with Gasteiger partial charge in [-0.2, -0.15) is 35.1 Å². The van der Waals surface area contributed by atoms with Crippen LogP contribution in [0.2, 0.25) is 0 Å². The van der Waals surface area contributed by atoms with Crippen LogP contribution in [0.1, 0.15) is 0 Å². The van der Waals surface area contributed by atoms with E-state index < -0.39 is 23.7 Å². The van der Waals surface area contributed by atoms with Gasteiger partial charge in [-0.15, -0.1) is 24.0 Å². The van der Waals surface area contributed by atoms with Crippen LogP contribution < -0.4 is 0 Å². The van der Waals surface area contributed by atoms with Gasteiger partial charge in [0.05, 0.1) is 0 Å². The molecular formula is C4HF8I. The summed E-state index contributed by atoms with van der Waals surface area (Å²) in [5.74, 6) is -23.9. The van der Waals surface area contributed by atoms with Gasteiger partial charge in [-0.05, 0) is 0 Å². The maximum Gasteiger partial charge on any atom is 0.385 e. The summed E-state index contributed by atoms with van der Waals surface area (Å²) in [6.07, 6.45) is 0. The summed E-state index contributed by atoms with van der Waals surface area (Å²) in [6.45, 7) is 0. The molecule has 13 heavy (non-hydrogen) atoms. The summed E-state index contributed by atoms with van der Waals surface area (Å²) in [6, 6.07) is 0. The third-order valence-electron chi connectivity index (χ3n) is 1.58. The Morgan fingerprint density at radius 2 is 0.462 bits per heavy atom. The summed E-state index contributed by atoms with van der Waals surface area (Å²) < 4.78 is 92.9. The molecule has 0 spiro atoms. The van der Waals surface area contributed by atoms with Crippen LogP contribution in [-0.4, -0.2) is 23.7 Å². The number of alkyl halides is 8. The molecule has 0 N–H and O–H groups in total. The molecule has 0 heterocycles. The standard InChI is InChI=1S/C4F8.HI/c5-1(6)2(7,8)4(11,12)3(1,9)10;/h;1H. The van der Waals surface area contributed by atoms with E-state index in [0.717, 1.165) is 0 Å². The molecule has 0 unspecified atom stereocenters. The van der Waals surface area contributed by atoms with Gasteiger partial charge in [0.25, 0.3) is 0 Å². The van der Waals surface area contributed by atoms with Crippen molar-refractivity contribution in [1.82, 2.24) is 0 Å². The van der Waals surface area contributed by atoms with Crippen LogP contribution in [-0.2, 0) is 0 Å². The van der Waals surface area contributed by atoms with Crippen molar-refractivity contribution in [2.75, 3.05) is 0 Å². The maximum atomic E-state index is 11.6. The van der Waals surface area contributed by atoms with Crippen molar-refractivity contribution >= 4 is 24.0 Å². The summed E-state index contributed by atoms with van der Waals surface area (Å²) in [7, 11) is 0. The lowest BCUT2D eigenvalue weighted by Gasteiger charge is -2.49. The highest BCUT2D eigenvalue weighted by atomic mass is 127. The Morgan fingerprint density at radius 3 is 0.538 bits per heavy atom. The highest BCUT2D eigenvalue weighted by Crippen LogP contribution is 2.69. The fourth-order valence-corrected chi connectivity index (χ4v) is 0.726. The van der Waals surface area contributed by atoms with Gasteiger partial charge in [0.15, 0.2) is 0 Å². The van der Waals surface area contributed by atoms with E-state index in [1.807, 2.05) is 0 Å². The molecule has 0 amide bonds. The first-order chi connectivity index (χ1) is 5.00. The van der Waals surface area contributed by atoms with Gasteiger partial charge in [0.2, 0.25) is 0 Å². The molecule has 1 rings (SSSR count). The Kier molecular flexibility index (Phi) is 2.63. The van der Waals surface area contributed by atoms with Crippen LogP contribution in [0, 0.1) is 0 Å². The average Bonchev–Trinajstić information content (AvgIpc) is 1.84. The van der Waals surface area contributed by atoms with Crippen molar-refractivity contribution in [1.29, 1.82) is 0 Å². The first kappa shape index (κ1) is 13.2. The zero-order valence-corrected chi connectivity index (χ0v) is 7.76. The maximum absolute atomic E-state index is 11.6. The second kappa shape index (κ2) is 2.60. The van der Waals surface area contributed by atoms with Gasteiger partial charge in [0.1, 0.15) is 0 Å². The second-order valence-corrected chi connectivity index (χ2v) is 2.30. The van der Waals surface area contributed by atoms with E-state index in [1.165, 1.54) is 0 Å². The Hall–Kier alpha value is 0.170. The molecule has 0 bridgehead atoms. The molecular weight excluding hydrogens is 327 g/mol. The van der Waals surface area contributed by atoms with E-state index in [9.17, 15) is 35.1 Å². The van der Waals surface area contributed by atoms with Crippen molar-refractivity contribution in [3.8, 4) is 0 Å². The van der Waals surface area contributed by atoms with Crippen LogP contribution in [0.4, 0.5) is 35.1 Å². The number of hydrogen-bond donors (Lipinski definition) is 0. The lowest BCUT2D eigenvalue weighted by molar-refractivity contribution is -0.506. The minimum absolute atomic E-state index is 0. The van der Waals surface area contributed by atoms with Crippen LogP contribution in [0.15, 0.2) is 0 Å². The molecule has 0 aromatic rings. The Bertz CT molecular complexity index is 156. The molecule has 0 saturated heterocycles. The SMILES string of the molecule is FC1(F)C(F)(F)C(F)(F)C1(F)F.I. The minimum atomic E-state index is -5.97. The highest BCUT2D eigenvalue weighted by molar-refractivity contribution is 14.0. The molecule has 0 nitrogen and oxygen atoms in total. The lowest BCUT2D eigenvalue weighted by Crippen LogP contribution is -2.82. The monoisotopic (exact) mass is 328 g/mol. The smallest absolute Gasteiger partial charge is 0.192 e. The third kappa shape index (κ3) is 0.962. The van der Waals surface area contributed by atoms with E-state index in [4.69, 9.17) is 0 Å². The van der Waals surface area contributed by atoms with Crippen molar-refractivity contribution in [3.63, 3.8) is 0 Å². The largest absolute Gasteiger partial charge is 0.385 e. The quantitative estimate of drug-likeness (QED) is 0.473. The summed E-state index contributed by atoms with van der Waals surface area (Å²) in [5, 5.41) is 0. The predicted octanol–water partition coefficient (Wildman–Crippen LogP) is 3.16. The van der Waals surface area contributed by atoms with Crippen LogP contribution in [0.25, 0.3) is 0 Å². The van der Waals surface area contributed by atoms with Crippen molar-refractivity contribution in [2.24, 2.45) is 0 Å². The van der Waals surface area contributed by atoms with E-state index in [-0.39, 0.29) is 24.0 Å². The molecule has 0 radical (unpaired) electrons. The van der Waals surface area contributed by atoms with Crippen LogP contribution in [0.5, 0.6) is 0 Å². The van der Waals surface area contributed by atoms with E-state index in [1.54, 1.807) is 0 Å². The van der Waals surface area contributed by atoms with Gasteiger partial charge in [-0.1, -0.05) is 0 Å². The zero-order valence-electron chi connectivity index (χ0n) is 5.43. The molecule has 1 aliphatic rings. The first-order valence-corrected chi connectivity index (χ1v) is 2.51. The van der Waals surface area contributed by atoms with E-state index in [0.29, 0.717) is 0 Å². The predicted molar refractivity (Wildman–Crippen MR) is 35.2 cm³/mol. The van der Waals surface area contributed by atoms with Crippen molar-refractivity contribution < 1.29 is 35.1 Å². The Labute approximate surface area is 83.3 Å². The average molecular weight is 328 g/mol. The molecule has 1 fully saturated rings. The molecule has 80 valence electrons. The Balaban J connectivity index is 0.00000144. The molecule has 1 aliphatic carbocycles. The Morgan fingerprint density at radius 1 is 0.385 bits per heavy atom. The molecule has 0 aliphatic heterocycles. The number of hydrogen-bond acceptors (Lipinski definition) is 0. The van der Waals surface area contributed by atoms with Crippen LogP contribution in [0.3, 0.4) is 0 Å². The molecule has 0 atom stereocenters. The summed E-state index contributed by atoms with van der Waals surface area (Å²) in [4.78, 5) is 0.